The Balaban J connectivity index is 1.13. The van der Waals surface area contributed by atoms with E-state index < -0.39 is 0 Å². The number of benzene rings is 1. The predicted molar refractivity (Wildman–Crippen MR) is 142 cm³/mol. The first-order valence-electron chi connectivity index (χ1n) is 13.4. The zero-order valence-electron chi connectivity index (χ0n) is 21.6. The average Bonchev–Trinajstić information content (AvgIpc) is 3.62. The summed E-state index contributed by atoms with van der Waals surface area (Å²) in [5, 5.41) is 0.915. The van der Waals surface area contributed by atoms with Crippen molar-refractivity contribution >= 4 is 16.9 Å². The molecule has 2 bridgehead atoms. The standard InChI is InChI=1S/C29H34N6O2/c1-19-31-10-11-34(19)15-20-12-22(13-20)35-16-24(25-26(30)32-18-33-27(25)35)21-4-3-5-23(14-21)36-17-29-8-6-28(2,37-29)7-9-29/h3-5,10-11,14,16,18,20,22H,6-9,12-13,15,17H2,1-2H3,(H2,30,32,33)/t20-,22+,28?,29?. The Morgan fingerprint density at radius 3 is 2.70 bits per heavy atom. The molecule has 2 N–H and O–H groups in total. The SMILES string of the molecule is Cc1nccn1C[C@H]1C[C@@H](n2cc(-c3cccc(OCC45CCC(C)(CC4)O5)c3)c3c(N)ncnc32)C1. The summed E-state index contributed by atoms with van der Waals surface area (Å²) in [5.41, 5.74) is 9.34. The van der Waals surface area contributed by atoms with Crippen LogP contribution in [0.3, 0.4) is 0 Å². The van der Waals surface area contributed by atoms with E-state index in [9.17, 15) is 0 Å². The van der Waals surface area contributed by atoms with E-state index in [4.69, 9.17) is 15.2 Å². The van der Waals surface area contributed by atoms with Crippen molar-refractivity contribution in [2.75, 3.05) is 12.3 Å². The fourth-order valence-electron chi connectivity index (χ4n) is 6.66. The number of nitrogens with zero attached hydrogens (tertiary/aromatic N) is 5. The highest BCUT2D eigenvalue weighted by Gasteiger charge is 2.53. The van der Waals surface area contributed by atoms with Crippen LogP contribution in [0.15, 0.2) is 49.2 Å². The highest BCUT2D eigenvalue weighted by Crippen LogP contribution is 2.50. The summed E-state index contributed by atoms with van der Waals surface area (Å²) >= 11 is 0. The van der Waals surface area contributed by atoms with Crippen molar-refractivity contribution in [1.29, 1.82) is 0 Å². The third-order valence-electron chi connectivity index (χ3n) is 8.95. The van der Waals surface area contributed by atoms with Crippen LogP contribution in [0.2, 0.25) is 0 Å². The van der Waals surface area contributed by atoms with Crippen molar-refractivity contribution in [2.24, 2.45) is 5.92 Å². The molecule has 0 amide bonds. The van der Waals surface area contributed by atoms with E-state index in [1.165, 1.54) is 0 Å². The van der Waals surface area contributed by atoms with E-state index in [0.717, 1.165) is 78.8 Å². The molecule has 0 unspecified atom stereocenters. The van der Waals surface area contributed by atoms with Crippen LogP contribution in [0.25, 0.3) is 22.2 Å². The van der Waals surface area contributed by atoms with E-state index in [-0.39, 0.29) is 11.2 Å². The number of anilines is 1. The Kier molecular flexibility index (Phi) is 5.12. The van der Waals surface area contributed by atoms with Crippen molar-refractivity contribution in [2.45, 2.75) is 76.2 Å². The maximum Gasteiger partial charge on any atom is 0.146 e. The van der Waals surface area contributed by atoms with Crippen LogP contribution in [0.5, 0.6) is 5.75 Å². The third kappa shape index (κ3) is 3.89. The second-order valence-electron chi connectivity index (χ2n) is 11.6. The number of aromatic nitrogens is 5. The van der Waals surface area contributed by atoms with Gasteiger partial charge in [0.15, 0.2) is 0 Å². The summed E-state index contributed by atoms with van der Waals surface area (Å²) < 4.78 is 17.3. The molecule has 5 heterocycles. The van der Waals surface area contributed by atoms with Gasteiger partial charge in [0, 0.05) is 36.7 Å². The van der Waals surface area contributed by atoms with Gasteiger partial charge in [0.2, 0.25) is 0 Å². The smallest absolute Gasteiger partial charge is 0.146 e. The first-order chi connectivity index (χ1) is 17.9. The largest absolute Gasteiger partial charge is 0.491 e. The lowest BCUT2D eigenvalue weighted by Crippen LogP contribution is -2.32. The van der Waals surface area contributed by atoms with Crippen LogP contribution in [0.4, 0.5) is 5.82 Å². The normalized spacial score (nSPS) is 28.6. The molecule has 192 valence electrons. The zero-order valence-corrected chi connectivity index (χ0v) is 21.6. The van der Waals surface area contributed by atoms with Gasteiger partial charge in [-0.25, -0.2) is 15.0 Å². The van der Waals surface area contributed by atoms with Crippen LogP contribution >= 0.6 is 0 Å². The van der Waals surface area contributed by atoms with Gasteiger partial charge in [0.25, 0.3) is 0 Å². The van der Waals surface area contributed by atoms with Crippen LogP contribution in [0.1, 0.15) is 57.3 Å². The molecule has 0 atom stereocenters. The summed E-state index contributed by atoms with van der Waals surface area (Å²) in [6.45, 7) is 5.90. The quantitative estimate of drug-likeness (QED) is 0.371. The number of nitrogens with two attached hydrogens (primary N) is 1. The number of hydrogen-bond donors (Lipinski definition) is 1. The van der Waals surface area contributed by atoms with E-state index in [1.807, 2.05) is 18.3 Å². The van der Waals surface area contributed by atoms with Crippen LogP contribution in [0, 0.1) is 12.8 Å². The van der Waals surface area contributed by atoms with Crippen molar-refractivity contribution < 1.29 is 9.47 Å². The van der Waals surface area contributed by atoms with Crippen molar-refractivity contribution in [1.82, 2.24) is 24.1 Å². The lowest BCUT2D eigenvalue weighted by atomic mass is 9.80. The summed E-state index contributed by atoms with van der Waals surface area (Å²) in [6.07, 6.45) is 14.3. The summed E-state index contributed by atoms with van der Waals surface area (Å²) in [6, 6.07) is 8.69. The number of fused-ring (bicyclic) bond motifs is 3. The first-order valence-corrected chi connectivity index (χ1v) is 13.4. The van der Waals surface area contributed by atoms with E-state index >= 15 is 0 Å². The molecule has 3 aliphatic rings. The van der Waals surface area contributed by atoms with Gasteiger partial charge in [-0.2, -0.15) is 0 Å². The van der Waals surface area contributed by atoms with Crippen LogP contribution in [-0.4, -0.2) is 41.9 Å². The molecule has 0 spiro atoms. The van der Waals surface area contributed by atoms with Gasteiger partial charge in [0.05, 0.1) is 11.0 Å². The Morgan fingerprint density at radius 2 is 1.97 bits per heavy atom. The van der Waals surface area contributed by atoms with Gasteiger partial charge in [-0.3, -0.25) is 0 Å². The molecule has 1 saturated carbocycles. The number of ether oxygens (including phenoxy) is 2. The maximum absolute atomic E-state index is 6.41. The fraction of sp³-hybridized carbons (Fsp3) is 0.483. The second-order valence-corrected chi connectivity index (χ2v) is 11.6. The van der Waals surface area contributed by atoms with Crippen LogP contribution < -0.4 is 10.5 Å². The Morgan fingerprint density at radius 1 is 1.14 bits per heavy atom. The predicted octanol–water partition coefficient (Wildman–Crippen LogP) is 5.32. The number of aryl methyl sites for hydroxylation is 1. The summed E-state index contributed by atoms with van der Waals surface area (Å²) in [5.74, 6) is 3.07. The highest BCUT2D eigenvalue weighted by molar-refractivity contribution is 6.00. The lowest BCUT2D eigenvalue weighted by Gasteiger charge is -2.37. The molecular formula is C29H34N6O2. The average molecular weight is 499 g/mol. The Hall–Kier alpha value is -3.39. The monoisotopic (exact) mass is 498 g/mol. The second kappa shape index (κ2) is 8.31. The van der Waals surface area contributed by atoms with Crippen molar-refractivity contribution in [3.05, 3.63) is 55.0 Å². The van der Waals surface area contributed by atoms with Gasteiger partial charge in [-0.1, -0.05) is 12.1 Å². The molecule has 37 heavy (non-hydrogen) atoms. The molecule has 7 rings (SSSR count). The van der Waals surface area contributed by atoms with Gasteiger partial charge in [-0.05, 0) is 76.0 Å². The number of rotatable bonds is 7. The van der Waals surface area contributed by atoms with Gasteiger partial charge in [0.1, 0.15) is 41.6 Å². The third-order valence-corrected chi connectivity index (χ3v) is 8.95. The highest BCUT2D eigenvalue weighted by atomic mass is 16.6. The number of nitrogen functional groups attached to an aromatic ring is 1. The minimum Gasteiger partial charge on any atom is -0.491 e. The molecule has 2 aliphatic heterocycles. The minimum absolute atomic E-state index is 0.0443. The van der Waals surface area contributed by atoms with Crippen molar-refractivity contribution in [3.63, 3.8) is 0 Å². The molecule has 8 nitrogen and oxygen atoms in total. The molecule has 3 fully saturated rings. The molecule has 0 radical (unpaired) electrons. The van der Waals surface area contributed by atoms with E-state index in [0.29, 0.717) is 24.4 Å². The van der Waals surface area contributed by atoms with Crippen LogP contribution in [-0.2, 0) is 11.3 Å². The minimum atomic E-state index is -0.130. The Labute approximate surface area is 216 Å². The Bertz CT molecular complexity index is 1460. The van der Waals surface area contributed by atoms with Gasteiger partial charge >= 0.3 is 0 Å². The summed E-state index contributed by atoms with van der Waals surface area (Å²) in [4.78, 5) is 13.3. The molecule has 8 heteroatoms. The molecule has 4 aromatic rings. The summed E-state index contributed by atoms with van der Waals surface area (Å²) in [7, 11) is 0. The fourth-order valence-corrected chi connectivity index (χ4v) is 6.66. The first kappa shape index (κ1) is 22.8. The molecule has 1 aromatic carbocycles. The van der Waals surface area contributed by atoms with Gasteiger partial charge < -0.3 is 24.3 Å². The number of imidazole rings is 1. The van der Waals surface area contributed by atoms with Crippen molar-refractivity contribution in [3.8, 4) is 16.9 Å². The van der Waals surface area contributed by atoms with Gasteiger partial charge in [-0.15, -0.1) is 0 Å². The topological polar surface area (TPSA) is 93.0 Å². The zero-order chi connectivity index (χ0) is 25.2. The molecular weight excluding hydrogens is 464 g/mol. The maximum atomic E-state index is 6.41. The number of hydrogen-bond acceptors (Lipinski definition) is 6. The van der Waals surface area contributed by atoms with E-state index in [2.05, 4.69) is 62.5 Å². The molecule has 1 aliphatic carbocycles. The van der Waals surface area contributed by atoms with E-state index in [1.54, 1.807) is 6.33 Å². The molecule has 2 saturated heterocycles. The molecule has 3 aromatic heterocycles. The lowest BCUT2D eigenvalue weighted by molar-refractivity contribution is -0.0597.